The Kier molecular flexibility index (Phi) is 6.67. The van der Waals surface area contributed by atoms with Gasteiger partial charge in [-0.05, 0) is 49.2 Å². The molecule has 0 bridgehead atoms. The van der Waals surface area contributed by atoms with Crippen LogP contribution in [-0.4, -0.2) is 32.6 Å². The van der Waals surface area contributed by atoms with Crippen LogP contribution in [0.5, 0.6) is 5.75 Å². The Labute approximate surface area is 190 Å². The lowest BCUT2D eigenvalue weighted by atomic mass is 10.0. The van der Waals surface area contributed by atoms with Crippen molar-refractivity contribution in [3.8, 4) is 5.75 Å². The van der Waals surface area contributed by atoms with Gasteiger partial charge in [0.15, 0.2) is 5.82 Å². The number of thioether (sulfide) groups is 1. The normalized spacial score (nSPS) is 17.5. The number of hydrogen-bond acceptors (Lipinski definition) is 6. The summed E-state index contributed by atoms with van der Waals surface area (Å²) in [4.78, 5) is 13.3. The summed E-state index contributed by atoms with van der Waals surface area (Å²) in [5, 5.41) is 12.4. The molecule has 4 rings (SSSR count). The van der Waals surface area contributed by atoms with Crippen LogP contribution in [0.4, 0.5) is 5.69 Å². The molecule has 1 aliphatic heterocycles. The van der Waals surface area contributed by atoms with Crippen molar-refractivity contribution in [3.05, 3.63) is 64.9 Å². The van der Waals surface area contributed by atoms with Gasteiger partial charge in [-0.3, -0.25) is 4.79 Å². The molecule has 0 fully saturated rings. The Bertz CT molecular complexity index is 1060. The summed E-state index contributed by atoms with van der Waals surface area (Å²) in [5.74, 6) is 1.52. The summed E-state index contributed by atoms with van der Waals surface area (Å²) in [6.07, 6.45) is 1.76. The molecule has 0 aliphatic carbocycles. The summed E-state index contributed by atoms with van der Waals surface area (Å²) in [5.41, 5.74) is 5.10. The Morgan fingerprint density at radius 1 is 1.23 bits per heavy atom. The van der Waals surface area contributed by atoms with E-state index in [1.54, 1.807) is 12.1 Å². The van der Waals surface area contributed by atoms with Crippen LogP contribution in [0.2, 0.25) is 5.02 Å². The van der Waals surface area contributed by atoms with Crippen molar-refractivity contribution in [2.45, 2.75) is 43.1 Å². The molecular formula is C22H24ClN5O2S. The fraction of sp³-hybridized carbons (Fsp3) is 0.318. The Balaban J connectivity index is 1.65. The summed E-state index contributed by atoms with van der Waals surface area (Å²) < 4.78 is 7.47. The maximum atomic E-state index is 13.3. The topological polar surface area (TPSA) is 81.1 Å². The van der Waals surface area contributed by atoms with Crippen LogP contribution in [0, 0.1) is 0 Å². The molecular weight excluding hydrogens is 434 g/mol. The number of halogens is 1. The first-order chi connectivity index (χ1) is 15.1. The second-order valence-electron chi connectivity index (χ2n) is 7.13. The zero-order valence-electron chi connectivity index (χ0n) is 17.3. The average Bonchev–Trinajstić information content (AvgIpc) is 3.16. The van der Waals surface area contributed by atoms with E-state index >= 15 is 0 Å². The third kappa shape index (κ3) is 4.80. The number of aryl methyl sites for hydroxylation is 1. The number of fused-ring (bicyclic) bond motifs is 1. The lowest BCUT2D eigenvalue weighted by Crippen LogP contribution is -2.41. The first kappa shape index (κ1) is 21.5. The maximum Gasteiger partial charge on any atom is 0.240 e. The summed E-state index contributed by atoms with van der Waals surface area (Å²) in [7, 11) is 0. The van der Waals surface area contributed by atoms with Crippen LogP contribution in [0.1, 0.15) is 37.7 Å². The summed E-state index contributed by atoms with van der Waals surface area (Å²) in [6, 6.07) is 14.7. The predicted octanol–water partition coefficient (Wildman–Crippen LogP) is 4.68. The lowest BCUT2D eigenvalue weighted by molar-refractivity contribution is -0.116. The van der Waals surface area contributed by atoms with Crippen molar-refractivity contribution < 1.29 is 9.53 Å². The molecule has 0 saturated carbocycles. The second-order valence-corrected chi connectivity index (χ2v) is 8.68. The van der Waals surface area contributed by atoms with E-state index in [9.17, 15) is 4.79 Å². The van der Waals surface area contributed by atoms with Crippen LogP contribution >= 0.6 is 23.4 Å². The van der Waals surface area contributed by atoms with E-state index in [0.717, 1.165) is 30.0 Å². The number of carbonyl (C=O) groups excluding carboxylic acids is 1. The zero-order valence-corrected chi connectivity index (χ0v) is 18.9. The lowest BCUT2D eigenvalue weighted by Gasteiger charge is -2.33. The number of ether oxygens (including phenoxy) is 1. The Hall–Kier alpha value is -2.71. The van der Waals surface area contributed by atoms with Gasteiger partial charge in [-0.1, -0.05) is 48.5 Å². The highest BCUT2D eigenvalue weighted by Crippen LogP contribution is 2.38. The van der Waals surface area contributed by atoms with Crippen molar-refractivity contribution in [2.75, 3.05) is 17.3 Å². The minimum atomic E-state index is -0.455. The van der Waals surface area contributed by atoms with Gasteiger partial charge in [0.25, 0.3) is 0 Å². The van der Waals surface area contributed by atoms with Gasteiger partial charge in [0.05, 0.1) is 12.6 Å². The van der Waals surface area contributed by atoms with Crippen LogP contribution in [0.25, 0.3) is 0 Å². The van der Waals surface area contributed by atoms with E-state index in [1.807, 2.05) is 48.0 Å². The molecule has 0 saturated heterocycles. The van der Waals surface area contributed by atoms with Gasteiger partial charge >= 0.3 is 0 Å². The average molecular weight is 458 g/mol. The molecule has 2 heterocycles. The molecule has 7 nitrogen and oxygen atoms in total. The van der Waals surface area contributed by atoms with Crippen molar-refractivity contribution in [1.29, 1.82) is 0 Å². The first-order valence-electron chi connectivity index (χ1n) is 10.3. The highest BCUT2D eigenvalue weighted by atomic mass is 35.5. The Morgan fingerprint density at radius 2 is 2.03 bits per heavy atom. The molecule has 0 radical (unpaired) electrons. The number of nitrogens with one attached hydrogen (secondary N) is 2. The summed E-state index contributed by atoms with van der Waals surface area (Å²) >= 11 is 7.48. The predicted molar refractivity (Wildman–Crippen MR) is 123 cm³/mol. The molecule has 1 aromatic heterocycles. The summed E-state index contributed by atoms with van der Waals surface area (Å²) in [6.45, 7) is 4.65. The zero-order chi connectivity index (χ0) is 21.8. The van der Waals surface area contributed by atoms with E-state index in [1.165, 1.54) is 11.8 Å². The highest BCUT2D eigenvalue weighted by molar-refractivity contribution is 8.00. The van der Waals surface area contributed by atoms with Crippen molar-refractivity contribution in [1.82, 2.24) is 14.9 Å². The fourth-order valence-electron chi connectivity index (χ4n) is 3.45. The molecule has 9 heteroatoms. The molecule has 1 amide bonds. The molecule has 2 aromatic carbocycles. The van der Waals surface area contributed by atoms with Crippen LogP contribution in [-0.2, 0) is 11.2 Å². The molecule has 2 unspecified atom stereocenters. The molecule has 1 aliphatic rings. The molecule has 31 heavy (non-hydrogen) atoms. The van der Waals surface area contributed by atoms with Crippen LogP contribution in [0.15, 0.2) is 53.7 Å². The van der Waals surface area contributed by atoms with E-state index in [4.69, 9.17) is 16.3 Å². The number of anilines is 1. The van der Waals surface area contributed by atoms with Gasteiger partial charge in [0.1, 0.15) is 11.0 Å². The highest BCUT2D eigenvalue weighted by Gasteiger charge is 2.37. The van der Waals surface area contributed by atoms with Gasteiger partial charge in [-0.25, -0.2) is 4.68 Å². The van der Waals surface area contributed by atoms with E-state index in [0.29, 0.717) is 22.5 Å². The Morgan fingerprint density at radius 3 is 2.74 bits per heavy atom. The van der Waals surface area contributed by atoms with Gasteiger partial charge < -0.3 is 15.5 Å². The van der Waals surface area contributed by atoms with Gasteiger partial charge in [0.2, 0.25) is 11.1 Å². The number of rotatable bonds is 7. The minimum absolute atomic E-state index is 0.134. The third-order valence-corrected chi connectivity index (χ3v) is 6.33. The van der Waals surface area contributed by atoms with E-state index in [2.05, 4.69) is 27.9 Å². The molecule has 2 N–H and O–H groups in total. The smallest absolute Gasteiger partial charge is 0.240 e. The SMILES string of the molecule is CCCc1nnc2n1NC(c1ccc(OCC)cc1)C(C(=O)Nc1cccc(Cl)c1)S2. The van der Waals surface area contributed by atoms with Crippen molar-refractivity contribution in [2.24, 2.45) is 0 Å². The maximum absolute atomic E-state index is 13.3. The number of nitrogens with zero attached hydrogens (tertiary/aromatic N) is 3. The molecule has 0 spiro atoms. The number of benzene rings is 2. The third-order valence-electron chi connectivity index (χ3n) is 4.88. The van der Waals surface area contributed by atoms with Crippen molar-refractivity contribution in [3.63, 3.8) is 0 Å². The van der Waals surface area contributed by atoms with Crippen LogP contribution in [0.3, 0.4) is 0 Å². The number of aromatic nitrogens is 3. The van der Waals surface area contributed by atoms with Crippen LogP contribution < -0.4 is 15.5 Å². The van der Waals surface area contributed by atoms with Gasteiger partial charge in [-0.15, -0.1) is 10.2 Å². The van der Waals surface area contributed by atoms with Crippen molar-refractivity contribution >= 4 is 35.0 Å². The van der Waals surface area contributed by atoms with E-state index in [-0.39, 0.29) is 11.9 Å². The molecule has 162 valence electrons. The minimum Gasteiger partial charge on any atom is -0.494 e. The number of carbonyl (C=O) groups is 1. The number of hydrogen-bond donors (Lipinski definition) is 2. The largest absolute Gasteiger partial charge is 0.494 e. The fourth-order valence-corrected chi connectivity index (χ4v) is 4.74. The monoisotopic (exact) mass is 457 g/mol. The molecule has 2 atom stereocenters. The number of amides is 1. The second kappa shape index (κ2) is 9.62. The quantitative estimate of drug-likeness (QED) is 0.536. The van der Waals surface area contributed by atoms with E-state index < -0.39 is 5.25 Å². The van der Waals surface area contributed by atoms with Gasteiger partial charge in [-0.2, -0.15) is 0 Å². The van der Waals surface area contributed by atoms with Gasteiger partial charge in [0, 0.05) is 17.1 Å². The first-order valence-corrected chi connectivity index (χ1v) is 11.5. The standard InChI is InChI=1S/C22H24ClN5O2S/c1-3-6-18-25-26-22-28(18)27-19(14-9-11-17(12-10-14)30-4-2)20(31-22)21(29)24-16-8-5-7-15(23)13-16/h5,7-13,19-20,27H,3-4,6H2,1-2H3,(H,24,29). The molecule has 3 aromatic rings.